The minimum absolute atomic E-state index is 0.975. The van der Waals surface area contributed by atoms with Crippen LogP contribution in [-0.4, -0.2) is 4.57 Å². The van der Waals surface area contributed by atoms with Crippen LogP contribution in [0.5, 0.6) is 0 Å². The van der Waals surface area contributed by atoms with Crippen molar-refractivity contribution in [1.29, 1.82) is 0 Å². The second-order valence-electron chi connectivity index (χ2n) is 2.59. The van der Waals surface area contributed by atoms with Crippen molar-refractivity contribution in [2.45, 2.75) is 6.54 Å². The fourth-order valence-electron chi connectivity index (χ4n) is 1.09. The molecule has 3 heteroatoms. The molecule has 0 spiro atoms. The first kappa shape index (κ1) is 8.08. The summed E-state index contributed by atoms with van der Waals surface area (Å²) in [6.45, 7) is 0.975. The lowest BCUT2D eigenvalue weighted by Crippen LogP contribution is -1.92. The normalized spacial score (nSPS) is 10.4. The molecular weight excluding hydrogens is 234 g/mol. The zero-order chi connectivity index (χ0) is 8.39. The average molecular weight is 242 g/mol. The molecule has 2 aromatic rings. The highest BCUT2D eigenvalue weighted by Crippen LogP contribution is 2.20. The Bertz CT molecular complexity index is 350. The monoisotopic (exact) mass is 241 g/mol. The minimum Gasteiger partial charge on any atom is -0.349 e. The number of aromatic nitrogens is 1. The Morgan fingerprint density at radius 1 is 1.33 bits per heavy atom. The molecule has 0 unspecified atom stereocenters. The molecule has 2 aromatic heterocycles. The third-order valence-electron chi connectivity index (χ3n) is 1.63. The van der Waals surface area contributed by atoms with Crippen molar-refractivity contribution in [3.8, 4) is 0 Å². The van der Waals surface area contributed by atoms with Gasteiger partial charge in [-0.25, -0.2) is 0 Å². The molecule has 0 saturated heterocycles. The van der Waals surface area contributed by atoms with Gasteiger partial charge < -0.3 is 4.57 Å². The van der Waals surface area contributed by atoms with Gasteiger partial charge in [0.15, 0.2) is 0 Å². The van der Waals surface area contributed by atoms with Crippen LogP contribution in [0.1, 0.15) is 4.88 Å². The van der Waals surface area contributed by atoms with Gasteiger partial charge in [0, 0.05) is 27.1 Å². The molecule has 0 radical (unpaired) electrons. The summed E-state index contributed by atoms with van der Waals surface area (Å²) >= 11 is 5.22. The highest BCUT2D eigenvalue weighted by Gasteiger charge is 1.96. The Morgan fingerprint density at radius 2 is 2.08 bits per heavy atom. The first-order valence-corrected chi connectivity index (χ1v) is 5.35. The SMILES string of the molecule is Brc1csc(Cn2cccc2)c1. The summed E-state index contributed by atoms with van der Waals surface area (Å²) in [4.78, 5) is 1.37. The summed E-state index contributed by atoms with van der Waals surface area (Å²) in [6, 6.07) is 6.25. The van der Waals surface area contributed by atoms with Crippen molar-refractivity contribution in [1.82, 2.24) is 4.57 Å². The van der Waals surface area contributed by atoms with Crippen molar-refractivity contribution in [2.75, 3.05) is 0 Å². The molecule has 0 aromatic carbocycles. The maximum absolute atomic E-state index is 3.44. The molecule has 2 rings (SSSR count). The molecule has 0 aliphatic heterocycles. The number of hydrogen-bond acceptors (Lipinski definition) is 1. The first-order chi connectivity index (χ1) is 5.84. The third kappa shape index (κ3) is 1.79. The maximum Gasteiger partial charge on any atom is 0.0563 e. The lowest BCUT2D eigenvalue weighted by atomic mass is 10.4. The maximum atomic E-state index is 3.44. The molecule has 12 heavy (non-hydrogen) atoms. The molecule has 62 valence electrons. The summed E-state index contributed by atoms with van der Waals surface area (Å²) in [6.07, 6.45) is 4.15. The molecular formula is C9H8BrNS. The molecule has 0 bridgehead atoms. The summed E-state index contributed by atoms with van der Waals surface area (Å²) in [7, 11) is 0. The molecule has 1 nitrogen and oxygen atoms in total. The summed E-state index contributed by atoms with van der Waals surface area (Å²) < 4.78 is 3.34. The second kappa shape index (κ2) is 3.46. The third-order valence-corrected chi connectivity index (χ3v) is 3.31. The lowest BCUT2D eigenvalue weighted by molar-refractivity contribution is 0.819. The van der Waals surface area contributed by atoms with Crippen molar-refractivity contribution in [3.05, 3.63) is 45.3 Å². The zero-order valence-electron chi connectivity index (χ0n) is 6.40. The molecule has 0 fully saturated rings. The zero-order valence-corrected chi connectivity index (χ0v) is 8.81. The number of hydrogen-bond donors (Lipinski definition) is 0. The van der Waals surface area contributed by atoms with E-state index in [-0.39, 0.29) is 0 Å². The van der Waals surface area contributed by atoms with Crippen molar-refractivity contribution in [2.24, 2.45) is 0 Å². The molecule has 0 aliphatic rings. The van der Waals surface area contributed by atoms with E-state index < -0.39 is 0 Å². The molecule has 0 atom stereocenters. The summed E-state index contributed by atoms with van der Waals surface area (Å²) in [5.74, 6) is 0. The van der Waals surface area contributed by atoms with Crippen LogP contribution in [0, 0.1) is 0 Å². The van der Waals surface area contributed by atoms with Crippen LogP contribution < -0.4 is 0 Å². The van der Waals surface area contributed by atoms with Crippen LogP contribution in [0.3, 0.4) is 0 Å². The Kier molecular flexibility index (Phi) is 2.33. The Morgan fingerprint density at radius 3 is 2.67 bits per heavy atom. The first-order valence-electron chi connectivity index (χ1n) is 3.68. The van der Waals surface area contributed by atoms with Crippen LogP contribution in [0.4, 0.5) is 0 Å². The van der Waals surface area contributed by atoms with E-state index in [9.17, 15) is 0 Å². The van der Waals surface area contributed by atoms with Crippen molar-refractivity contribution in [3.63, 3.8) is 0 Å². The Labute approximate surface area is 83.8 Å². The van der Waals surface area contributed by atoms with Gasteiger partial charge in [0.2, 0.25) is 0 Å². The predicted molar refractivity (Wildman–Crippen MR) is 55.6 cm³/mol. The smallest absolute Gasteiger partial charge is 0.0563 e. The Balaban J connectivity index is 2.14. The minimum atomic E-state index is 0.975. The number of nitrogens with zero attached hydrogens (tertiary/aromatic N) is 1. The van der Waals surface area contributed by atoms with E-state index in [2.05, 4.69) is 44.3 Å². The van der Waals surface area contributed by atoms with Gasteiger partial charge >= 0.3 is 0 Å². The molecule has 0 N–H and O–H groups in total. The highest BCUT2D eigenvalue weighted by molar-refractivity contribution is 9.10. The van der Waals surface area contributed by atoms with Gasteiger partial charge in [0.1, 0.15) is 0 Å². The van der Waals surface area contributed by atoms with E-state index in [1.165, 1.54) is 9.35 Å². The predicted octanol–water partition coefficient (Wildman–Crippen LogP) is 3.36. The highest BCUT2D eigenvalue weighted by atomic mass is 79.9. The molecule has 2 heterocycles. The molecule has 0 saturated carbocycles. The quantitative estimate of drug-likeness (QED) is 0.760. The van der Waals surface area contributed by atoms with Gasteiger partial charge in [0.25, 0.3) is 0 Å². The van der Waals surface area contributed by atoms with E-state index in [0.29, 0.717) is 0 Å². The second-order valence-corrected chi connectivity index (χ2v) is 4.50. The average Bonchev–Trinajstić information content (AvgIpc) is 2.63. The van der Waals surface area contributed by atoms with E-state index >= 15 is 0 Å². The number of halogens is 1. The Hall–Kier alpha value is -0.540. The van der Waals surface area contributed by atoms with Gasteiger partial charge in [-0.05, 0) is 34.1 Å². The fraction of sp³-hybridized carbons (Fsp3) is 0.111. The van der Waals surface area contributed by atoms with E-state index in [0.717, 1.165) is 6.54 Å². The van der Waals surface area contributed by atoms with Crippen LogP contribution in [0.15, 0.2) is 40.4 Å². The summed E-state index contributed by atoms with van der Waals surface area (Å²) in [5.41, 5.74) is 0. The molecule has 0 aliphatic carbocycles. The molecule has 0 amide bonds. The van der Waals surface area contributed by atoms with Crippen molar-refractivity contribution >= 4 is 27.3 Å². The van der Waals surface area contributed by atoms with Crippen molar-refractivity contribution < 1.29 is 0 Å². The van der Waals surface area contributed by atoms with E-state index in [1.807, 2.05) is 12.1 Å². The fourth-order valence-corrected chi connectivity index (χ4v) is 2.55. The summed E-state index contributed by atoms with van der Waals surface area (Å²) in [5, 5.41) is 2.11. The number of rotatable bonds is 2. The van der Waals surface area contributed by atoms with Gasteiger partial charge in [-0.15, -0.1) is 11.3 Å². The van der Waals surface area contributed by atoms with Crippen LogP contribution in [-0.2, 0) is 6.54 Å². The van der Waals surface area contributed by atoms with Crippen LogP contribution in [0.2, 0.25) is 0 Å². The van der Waals surface area contributed by atoms with Crippen LogP contribution >= 0.6 is 27.3 Å². The van der Waals surface area contributed by atoms with Gasteiger partial charge in [-0.1, -0.05) is 0 Å². The van der Waals surface area contributed by atoms with E-state index in [1.54, 1.807) is 11.3 Å². The lowest BCUT2D eigenvalue weighted by Gasteiger charge is -1.97. The van der Waals surface area contributed by atoms with Gasteiger partial charge in [-0.3, -0.25) is 0 Å². The van der Waals surface area contributed by atoms with Gasteiger partial charge in [-0.2, -0.15) is 0 Å². The largest absolute Gasteiger partial charge is 0.349 e. The standard InChI is InChI=1S/C9H8BrNS/c10-8-5-9(12-7-8)6-11-3-1-2-4-11/h1-5,7H,6H2. The van der Waals surface area contributed by atoms with E-state index in [4.69, 9.17) is 0 Å². The van der Waals surface area contributed by atoms with Crippen LogP contribution in [0.25, 0.3) is 0 Å². The topological polar surface area (TPSA) is 4.93 Å². The number of thiophene rings is 1. The van der Waals surface area contributed by atoms with Gasteiger partial charge in [0.05, 0.1) is 6.54 Å².